The monoisotopic (exact) mass is 229 g/mol. The van der Waals surface area contributed by atoms with E-state index in [1.807, 2.05) is 0 Å². The van der Waals surface area contributed by atoms with Crippen molar-refractivity contribution in [3.63, 3.8) is 0 Å². The van der Waals surface area contributed by atoms with E-state index in [2.05, 4.69) is 5.32 Å². The molecule has 1 fully saturated rings. The van der Waals surface area contributed by atoms with Crippen LogP contribution in [0.3, 0.4) is 0 Å². The number of hydrogen-bond acceptors (Lipinski definition) is 2. The second-order valence-corrected chi connectivity index (χ2v) is 4.10. The highest BCUT2D eigenvalue weighted by Crippen LogP contribution is 2.16. The van der Waals surface area contributed by atoms with Gasteiger partial charge in [-0.25, -0.2) is 4.39 Å². The standard InChI is InChI=1S/C11H13ClFNO/c12-9-2-1-8(11(13)5-9)7-15-10-3-4-14-6-10/h1-2,5,10,14H,3-4,6-7H2. The SMILES string of the molecule is Fc1cc(Cl)ccc1COC1CCNC1. The highest BCUT2D eigenvalue weighted by atomic mass is 35.5. The smallest absolute Gasteiger partial charge is 0.130 e. The molecule has 1 atom stereocenters. The quantitative estimate of drug-likeness (QED) is 0.859. The van der Waals surface area contributed by atoms with Crippen LogP contribution in [0.1, 0.15) is 12.0 Å². The van der Waals surface area contributed by atoms with E-state index < -0.39 is 0 Å². The Morgan fingerprint density at radius 3 is 3.07 bits per heavy atom. The second kappa shape index (κ2) is 4.92. The zero-order valence-corrected chi connectivity index (χ0v) is 9.06. The zero-order valence-electron chi connectivity index (χ0n) is 8.30. The first-order valence-corrected chi connectivity index (χ1v) is 5.40. The Bertz CT molecular complexity index is 339. The molecule has 0 saturated carbocycles. The van der Waals surface area contributed by atoms with Gasteiger partial charge in [0.25, 0.3) is 0 Å². The molecule has 0 spiro atoms. The highest BCUT2D eigenvalue weighted by molar-refractivity contribution is 6.30. The van der Waals surface area contributed by atoms with Gasteiger partial charge in [-0.15, -0.1) is 0 Å². The van der Waals surface area contributed by atoms with E-state index in [4.69, 9.17) is 16.3 Å². The summed E-state index contributed by atoms with van der Waals surface area (Å²) >= 11 is 5.65. The predicted molar refractivity (Wildman–Crippen MR) is 57.5 cm³/mol. The van der Waals surface area contributed by atoms with Gasteiger partial charge in [0.05, 0.1) is 12.7 Å². The lowest BCUT2D eigenvalue weighted by Gasteiger charge is -2.10. The van der Waals surface area contributed by atoms with Crippen LogP contribution in [-0.2, 0) is 11.3 Å². The summed E-state index contributed by atoms with van der Waals surface area (Å²) in [5.41, 5.74) is 0.561. The molecule has 1 N–H and O–H groups in total. The van der Waals surface area contributed by atoms with Gasteiger partial charge in [0.15, 0.2) is 0 Å². The van der Waals surface area contributed by atoms with Crippen LogP contribution in [-0.4, -0.2) is 19.2 Å². The van der Waals surface area contributed by atoms with Crippen molar-refractivity contribution in [1.82, 2.24) is 5.32 Å². The van der Waals surface area contributed by atoms with E-state index in [1.54, 1.807) is 12.1 Å². The van der Waals surface area contributed by atoms with E-state index >= 15 is 0 Å². The van der Waals surface area contributed by atoms with Crippen molar-refractivity contribution >= 4 is 11.6 Å². The van der Waals surface area contributed by atoms with Gasteiger partial charge in [-0.2, -0.15) is 0 Å². The van der Waals surface area contributed by atoms with Gasteiger partial charge in [0.1, 0.15) is 5.82 Å². The second-order valence-electron chi connectivity index (χ2n) is 3.66. The molecule has 1 aromatic carbocycles. The Labute approximate surface area is 93.4 Å². The maximum atomic E-state index is 13.3. The van der Waals surface area contributed by atoms with Crippen LogP contribution in [0.25, 0.3) is 0 Å². The van der Waals surface area contributed by atoms with Crippen LogP contribution in [0.15, 0.2) is 18.2 Å². The summed E-state index contributed by atoms with van der Waals surface area (Å²) in [6.45, 7) is 2.15. The summed E-state index contributed by atoms with van der Waals surface area (Å²) in [4.78, 5) is 0. The summed E-state index contributed by atoms with van der Waals surface area (Å²) in [5.74, 6) is -0.298. The molecule has 1 aromatic rings. The first kappa shape index (κ1) is 10.9. The third-order valence-corrected chi connectivity index (χ3v) is 2.74. The van der Waals surface area contributed by atoms with Crippen molar-refractivity contribution in [2.24, 2.45) is 0 Å². The third-order valence-electron chi connectivity index (χ3n) is 2.50. The Hall–Kier alpha value is -0.640. The molecule has 0 aliphatic carbocycles. The molecule has 0 amide bonds. The number of benzene rings is 1. The molecular weight excluding hydrogens is 217 g/mol. The Kier molecular flexibility index (Phi) is 3.57. The summed E-state index contributed by atoms with van der Waals surface area (Å²) in [5, 5.41) is 3.61. The molecule has 0 aromatic heterocycles. The molecule has 15 heavy (non-hydrogen) atoms. The van der Waals surface area contributed by atoms with Crippen LogP contribution >= 0.6 is 11.6 Å². The van der Waals surface area contributed by atoms with Crippen LogP contribution in [0, 0.1) is 5.82 Å². The third kappa shape index (κ3) is 2.91. The van der Waals surface area contributed by atoms with Crippen molar-refractivity contribution in [3.8, 4) is 0 Å². The average molecular weight is 230 g/mol. The fourth-order valence-corrected chi connectivity index (χ4v) is 1.78. The highest BCUT2D eigenvalue weighted by Gasteiger charge is 2.15. The summed E-state index contributed by atoms with van der Waals surface area (Å²) in [6, 6.07) is 4.66. The summed E-state index contributed by atoms with van der Waals surface area (Å²) in [6.07, 6.45) is 1.20. The topological polar surface area (TPSA) is 21.3 Å². The molecule has 1 aliphatic heterocycles. The summed E-state index contributed by atoms with van der Waals surface area (Å²) < 4.78 is 18.9. The van der Waals surface area contributed by atoms with Crippen LogP contribution in [0.2, 0.25) is 5.02 Å². The molecule has 82 valence electrons. The van der Waals surface area contributed by atoms with Crippen LogP contribution in [0.4, 0.5) is 4.39 Å². The Balaban J connectivity index is 1.92. The number of ether oxygens (including phenoxy) is 1. The van der Waals surface area contributed by atoms with E-state index in [-0.39, 0.29) is 11.9 Å². The van der Waals surface area contributed by atoms with Crippen molar-refractivity contribution < 1.29 is 9.13 Å². The molecule has 0 radical (unpaired) electrons. The fraction of sp³-hybridized carbons (Fsp3) is 0.455. The van der Waals surface area contributed by atoms with Gasteiger partial charge in [0, 0.05) is 17.1 Å². The van der Waals surface area contributed by atoms with Gasteiger partial charge < -0.3 is 10.1 Å². The van der Waals surface area contributed by atoms with Gasteiger partial charge in [-0.05, 0) is 25.1 Å². The van der Waals surface area contributed by atoms with E-state index in [9.17, 15) is 4.39 Å². The zero-order chi connectivity index (χ0) is 10.7. The molecule has 2 rings (SSSR count). The lowest BCUT2D eigenvalue weighted by molar-refractivity contribution is 0.0525. The normalized spacial score (nSPS) is 20.8. The summed E-state index contributed by atoms with van der Waals surface area (Å²) in [7, 11) is 0. The molecular formula is C11H13ClFNO. The molecule has 1 unspecified atom stereocenters. The van der Waals surface area contributed by atoms with E-state index in [0.717, 1.165) is 19.5 Å². The fourth-order valence-electron chi connectivity index (χ4n) is 1.62. The van der Waals surface area contributed by atoms with Crippen molar-refractivity contribution in [2.45, 2.75) is 19.1 Å². The van der Waals surface area contributed by atoms with Crippen LogP contribution in [0.5, 0.6) is 0 Å². The maximum Gasteiger partial charge on any atom is 0.130 e. The minimum Gasteiger partial charge on any atom is -0.372 e. The maximum absolute atomic E-state index is 13.3. The predicted octanol–water partition coefficient (Wildman–Crippen LogP) is 2.36. The van der Waals surface area contributed by atoms with Crippen molar-refractivity contribution in [3.05, 3.63) is 34.6 Å². The van der Waals surface area contributed by atoms with E-state index in [1.165, 1.54) is 6.07 Å². The van der Waals surface area contributed by atoms with Gasteiger partial charge in [-0.1, -0.05) is 17.7 Å². The number of hydrogen-bond donors (Lipinski definition) is 1. The molecule has 0 bridgehead atoms. The molecule has 4 heteroatoms. The van der Waals surface area contributed by atoms with Crippen molar-refractivity contribution in [1.29, 1.82) is 0 Å². The minimum absolute atomic E-state index is 0.208. The number of halogens is 2. The van der Waals surface area contributed by atoms with Gasteiger partial charge >= 0.3 is 0 Å². The lowest BCUT2D eigenvalue weighted by atomic mass is 10.2. The molecule has 1 heterocycles. The first-order valence-electron chi connectivity index (χ1n) is 5.02. The molecule has 1 aliphatic rings. The average Bonchev–Trinajstić information content (AvgIpc) is 2.69. The lowest BCUT2D eigenvalue weighted by Crippen LogP contribution is -2.16. The van der Waals surface area contributed by atoms with E-state index in [0.29, 0.717) is 17.2 Å². The number of nitrogens with one attached hydrogen (secondary N) is 1. The Morgan fingerprint density at radius 1 is 1.53 bits per heavy atom. The van der Waals surface area contributed by atoms with Gasteiger partial charge in [0.2, 0.25) is 0 Å². The minimum atomic E-state index is -0.298. The Morgan fingerprint density at radius 2 is 2.40 bits per heavy atom. The molecule has 1 saturated heterocycles. The van der Waals surface area contributed by atoms with Gasteiger partial charge in [-0.3, -0.25) is 0 Å². The molecule has 2 nitrogen and oxygen atoms in total. The number of rotatable bonds is 3. The van der Waals surface area contributed by atoms with Crippen LogP contribution < -0.4 is 5.32 Å². The van der Waals surface area contributed by atoms with Crippen molar-refractivity contribution in [2.75, 3.05) is 13.1 Å². The first-order chi connectivity index (χ1) is 7.25. The largest absolute Gasteiger partial charge is 0.372 e.